The highest BCUT2D eigenvalue weighted by Crippen LogP contribution is 2.53. The Kier molecular flexibility index (Phi) is 11.8. The van der Waals surface area contributed by atoms with Gasteiger partial charge in [-0.1, -0.05) is 97.3 Å². The van der Waals surface area contributed by atoms with Gasteiger partial charge in [-0.05, 0) is 73.3 Å². The number of esters is 4. The van der Waals surface area contributed by atoms with E-state index < -0.39 is 46.5 Å². The summed E-state index contributed by atoms with van der Waals surface area (Å²) in [5.41, 5.74) is -0.784. The van der Waals surface area contributed by atoms with E-state index in [1.807, 2.05) is 13.8 Å². The minimum absolute atomic E-state index is 0.0636. The molecule has 46 heavy (non-hydrogen) atoms. The predicted octanol–water partition coefficient (Wildman–Crippen LogP) is 10.1. The Balaban J connectivity index is 1.55. The molecule has 0 radical (unpaired) electrons. The Bertz CT molecular complexity index is 1450. The minimum atomic E-state index is -1.64. The molecule has 2 aliphatic carbocycles. The van der Waals surface area contributed by atoms with E-state index in [9.17, 15) is 19.2 Å². The van der Waals surface area contributed by atoms with Crippen molar-refractivity contribution in [2.75, 3.05) is 13.2 Å². The quantitative estimate of drug-likeness (QED) is 0.0912. The number of carbonyl (C=O) groups excluding carboxylic acids is 4. The molecule has 0 aromatic heterocycles. The number of carbonyl (C=O) groups is 4. The fourth-order valence-corrected chi connectivity index (χ4v) is 6.76. The van der Waals surface area contributed by atoms with Crippen molar-refractivity contribution in [3.63, 3.8) is 0 Å². The fraction of sp³-hybridized carbons (Fsp3) is 0.500. The molecule has 0 spiro atoms. The molecule has 0 heterocycles. The van der Waals surface area contributed by atoms with Crippen LogP contribution in [-0.2, 0) is 19.1 Å². The summed E-state index contributed by atoms with van der Waals surface area (Å²) in [5.74, 6) is -6.17. The first-order chi connectivity index (χ1) is 21.6. The Labute approximate surface area is 297 Å². The number of hydrogen-bond acceptors (Lipinski definition) is 8. The van der Waals surface area contributed by atoms with Crippen LogP contribution in [0.3, 0.4) is 0 Å². The number of rotatable bonds is 12. The van der Waals surface area contributed by atoms with E-state index in [0.29, 0.717) is 0 Å². The van der Waals surface area contributed by atoms with E-state index in [1.54, 1.807) is 0 Å². The van der Waals surface area contributed by atoms with Gasteiger partial charge in [-0.25, -0.2) is 19.2 Å². The maximum absolute atomic E-state index is 13.2. The Morgan fingerprint density at radius 3 is 1.24 bits per heavy atom. The topological polar surface area (TPSA) is 105 Å². The molecule has 0 amide bonds. The summed E-state index contributed by atoms with van der Waals surface area (Å²) in [6.45, 7) is 8.36. The summed E-state index contributed by atoms with van der Waals surface area (Å²) in [7, 11) is 0. The highest BCUT2D eigenvalue weighted by Gasteiger charge is 2.45. The van der Waals surface area contributed by atoms with Gasteiger partial charge >= 0.3 is 23.9 Å². The molecule has 14 heteroatoms. The van der Waals surface area contributed by atoms with E-state index in [4.69, 9.17) is 88.6 Å². The molecule has 4 rings (SSSR count). The van der Waals surface area contributed by atoms with Crippen LogP contribution < -0.4 is 9.47 Å². The minimum Gasteiger partial charge on any atom is -0.462 e. The third-order valence-corrected chi connectivity index (χ3v) is 11.2. The van der Waals surface area contributed by atoms with Crippen molar-refractivity contribution in [1.29, 1.82) is 0 Å². The highest BCUT2D eigenvalue weighted by atomic mass is 35.5. The zero-order valence-electron chi connectivity index (χ0n) is 25.5. The fourth-order valence-electron chi connectivity index (χ4n) is 5.32. The molecule has 0 bridgehead atoms. The average molecular weight is 757 g/mol. The molecule has 250 valence electrons. The third-order valence-electron chi connectivity index (χ3n) is 9.08. The third kappa shape index (κ3) is 8.01. The molecule has 2 aliphatic rings. The van der Waals surface area contributed by atoms with Gasteiger partial charge in [0.05, 0.1) is 43.3 Å². The van der Waals surface area contributed by atoms with Crippen LogP contribution >= 0.6 is 69.6 Å². The first kappa shape index (κ1) is 36.9. The van der Waals surface area contributed by atoms with Gasteiger partial charge in [0.25, 0.3) is 0 Å². The zero-order valence-corrected chi connectivity index (χ0v) is 30.0. The van der Waals surface area contributed by atoms with E-state index in [2.05, 4.69) is 13.8 Å². The standard InChI is InChI=1S/C32H32Cl6O8/c1-5-15(31(3)7-8-31)13-43-27(39)21-23(37)17(33)11-19(35)25(21)45-29(41)30(42)46-26-20(36)12-18(34)24(38)22(26)28(40)44-14-16(6-2)32(4)9-10-32/h11-12,15-16H,5-10,13-14H2,1-4H3. The molecule has 0 aliphatic heterocycles. The van der Waals surface area contributed by atoms with Crippen LogP contribution in [0.5, 0.6) is 11.5 Å². The number of hydrogen-bond donors (Lipinski definition) is 0. The lowest BCUT2D eigenvalue weighted by atomic mass is 9.89. The van der Waals surface area contributed by atoms with Crippen molar-refractivity contribution in [1.82, 2.24) is 0 Å². The first-order valence-corrected chi connectivity index (χ1v) is 17.0. The Morgan fingerprint density at radius 2 is 0.957 bits per heavy atom. The Morgan fingerprint density at radius 1 is 0.630 bits per heavy atom. The van der Waals surface area contributed by atoms with Crippen LogP contribution in [0, 0.1) is 22.7 Å². The lowest BCUT2D eigenvalue weighted by molar-refractivity contribution is -0.156. The van der Waals surface area contributed by atoms with Crippen LogP contribution in [0.15, 0.2) is 12.1 Å². The second kappa shape index (κ2) is 14.7. The summed E-state index contributed by atoms with van der Waals surface area (Å²) < 4.78 is 21.5. The highest BCUT2D eigenvalue weighted by molar-refractivity contribution is 6.47. The van der Waals surface area contributed by atoms with E-state index >= 15 is 0 Å². The monoisotopic (exact) mass is 754 g/mol. The number of benzene rings is 2. The predicted molar refractivity (Wildman–Crippen MR) is 177 cm³/mol. The van der Waals surface area contributed by atoms with Gasteiger partial charge in [-0.3, -0.25) is 0 Å². The molecule has 2 aromatic carbocycles. The van der Waals surface area contributed by atoms with Gasteiger partial charge in [-0.15, -0.1) is 0 Å². The molecule has 0 N–H and O–H groups in total. The largest absolute Gasteiger partial charge is 0.462 e. The van der Waals surface area contributed by atoms with Crippen LogP contribution in [0.25, 0.3) is 0 Å². The zero-order chi connectivity index (χ0) is 34.1. The summed E-state index contributed by atoms with van der Waals surface area (Å²) in [5, 5.41) is -1.46. The van der Waals surface area contributed by atoms with E-state index in [-0.39, 0.29) is 66.0 Å². The molecule has 2 fully saturated rings. The van der Waals surface area contributed by atoms with Crippen LogP contribution in [0.4, 0.5) is 0 Å². The lowest BCUT2D eigenvalue weighted by Gasteiger charge is -2.22. The summed E-state index contributed by atoms with van der Waals surface area (Å²) >= 11 is 37.5. The van der Waals surface area contributed by atoms with Crippen molar-refractivity contribution < 1.29 is 38.1 Å². The Hall–Kier alpha value is -1.94. The molecule has 8 nitrogen and oxygen atoms in total. The molecular weight excluding hydrogens is 725 g/mol. The summed E-state index contributed by atoms with van der Waals surface area (Å²) in [4.78, 5) is 52.4. The van der Waals surface area contributed by atoms with Gasteiger partial charge < -0.3 is 18.9 Å². The van der Waals surface area contributed by atoms with Crippen LogP contribution in [-0.4, -0.2) is 37.1 Å². The van der Waals surface area contributed by atoms with Crippen molar-refractivity contribution in [3.05, 3.63) is 53.4 Å². The van der Waals surface area contributed by atoms with Crippen LogP contribution in [0.2, 0.25) is 30.1 Å². The van der Waals surface area contributed by atoms with Gasteiger partial charge in [0.15, 0.2) is 11.5 Å². The second-order valence-electron chi connectivity index (χ2n) is 12.2. The lowest BCUT2D eigenvalue weighted by Crippen LogP contribution is -2.28. The van der Waals surface area contributed by atoms with Crippen LogP contribution in [0.1, 0.15) is 86.9 Å². The smallest absolute Gasteiger partial charge is 0.423 e. The van der Waals surface area contributed by atoms with E-state index in [0.717, 1.165) is 50.7 Å². The van der Waals surface area contributed by atoms with Crippen molar-refractivity contribution in [2.45, 2.75) is 66.2 Å². The summed E-state index contributed by atoms with van der Waals surface area (Å²) in [6.07, 6.45) is 5.59. The molecule has 0 saturated heterocycles. The maximum atomic E-state index is 13.2. The van der Waals surface area contributed by atoms with Gasteiger partial charge in [-0.2, -0.15) is 0 Å². The van der Waals surface area contributed by atoms with Crippen molar-refractivity contribution >= 4 is 93.5 Å². The summed E-state index contributed by atoms with van der Waals surface area (Å²) in [6, 6.07) is 2.26. The normalized spacial score (nSPS) is 17.0. The average Bonchev–Trinajstić information content (AvgIpc) is 3.93. The molecule has 2 aromatic rings. The first-order valence-electron chi connectivity index (χ1n) is 14.7. The maximum Gasteiger partial charge on any atom is 0.423 e. The van der Waals surface area contributed by atoms with E-state index in [1.165, 1.54) is 0 Å². The molecule has 2 atom stereocenters. The second-order valence-corrected chi connectivity index (χ2v) is 14.6. The van der Waals surface area contributed by atoms with Gasteiger partial charge in [0, 0.05) is 0 Å². The number of halogens is 6. The van der Waals surface area contributed by atoms with Crippen molar-refractivity contribution in [3.8, 4) is 11.5 Å². The molecular formula is C32H32Cl6O8. The van der Waals surface area contributed by atoms with Gasteiger partial charge in [0.1, 0.15) is 11.1 Å². The molecule has 2 unspecified atom stereocenters. The van der Waals surface area contributed by atoms with Gasteiger partial charge in [0.2, 0.25) is 0 Å². The number of ether oxygens (including phenoxy) is 4. The SMILES string of the molecule is CCC(COC(=O)c1c(Cl)c(Cl)cc(Cl)c1OC(=O)C(=O)Oc1c(Cl)cc(Cl)c(Cl)c1C(=O)OCC(CC)C1(C)CC1)C1(C)CC1. The molecule has 2 saturated carbocycles. The van der Waals surface area contributed by atoms with Crippen molar-refractivity contribution in [2.24, 2.45) is 22.7 Å².